The van der Waals surface area contributed by atoms with Gasteiger partial charge in [0.15, 0.2) is 5.96 Å². The molecule has 0 aliphatic heterocycles. The third-order valence-corrected chi connectivity index (χ3v) is 13.9. The molecule has 0 radical (unpaired) electrons. The van der Waals surface area contributed by atoms with Crippen molar-refractivity contribution in [3.05, 3.63) is 108 Å². The summed E-state index contributed by atoms with van der Waals surface area (Å²) in [5.74, 6) is -10.4. The number of carboxylic acids is 2. The molecule has 2 aromatic carbocycles. The summed E-state index contributed by atoms with van der Waals surface area (Å²) in [5, 5.41) is 40.4. The van der Waals surface area contributed by atoms with Gasteiger partial charge in [0.2, 0.25) is 47.3 Å². The number of carboxylic acid groups (broad SMARTS) is 2. The Labute approximate surface area is 497 Å². The lowest BCUT2D eigenvalue weighted by atomic mass is 9.97. The molecule has 462 valence electrons. The van der Waals surface area contributed by atoms with E-state index in [2.05, 4.69) is 80.1 Å². The van der Waals surface area contributed by atoms with Gasteiger partial charge < -0.3 is 79.9 Å². The summed E-state index contributed by atoms with van der Waals surface area (Å²) in [6, 6.07) is 5.09. The zero-order valence-corrected chi connectivity index (χ0v) is 48.8. The molecule has 10 atom stereocenters. The highest BCUT2D eigenvalue weighted by Gasteiger charge is 2.37. The highest BCUT2D eigenvalue weighted by atomic mass is 32.1. The number of aliphatic carboxylic acids is 2. The van der Waals surface area contributed by atoms with E-state index in [0.29, 0.717) is 28.9 Å². The second-order valence-corrected chi connectivity index (χ2v) is 21.2. The number of nitrogens with one attached hydrogen (secondary N) is 10. The summed E-state index contributed by atoms with van der Waals surface area (Å²) in [6.45, 7) is 7.14. The Bertz CT molecular complexity index is 2840. The van der Waals surface area contributed by atoms with Crippen LogP contribution in [-0.2, 0) is 73.6 Å². The molecular formula is C56H80N16O12S. The molecule has 0 fully saturated rings. The monoisotopic (exact) mass is 1200 g/mol. The predicted molar refractivity (Wildman–Crippen MR) is 315 cm³/mol. The van der Waals surface area contributed by atoms with Gasteiger partial charge in [-0.25, -0.2) is 14.8 Å². The van der Waals surface area contributed by atoms with Crippen molar-refractivity contribution in [2.45, 2.75) is 146 Å². The summed E-state index contributed by atoms with van der Waals surface area (Å²) in [5.41, 5.74) is 18.8. The SMILES string of the molecule is CC[C@H](C)[C@H](NC(=O)[C@H](CS)NC(=O)[C@H](Cc1ccccc1)NC(=O)[C@@H](N)CCC(=O)O)C(=O)N[C@@H](Cc1cnc[nH]1)C(=O)N[C@@H](CC(C)C)C(=O)N[C@@H](Cc1cnc[nH]1)C(=O)N[C@@H](Cc1ccccc1)C(=O)N[C@@H](CCCN=C(N)N)C(=O)O. The third-order valence-electron chi connectivity index (χ3n) is 13.6. The van der Waals surface area contributed by atoms with Gasteiger partial charge in [0, 0.05) is 68.2 Å². The van der Waals surface area contributed by atoms with Crippen molar-refractivity contribution in [1.82, 2.24) is 62.5 Å². The van der Waals surface area contributed by atoms with E-state index in [1.54, 1.807) is 88.4 Å². The number of carbonyl (C=O) groups is 10. The number of aromatic amines is 2. The van der Waals surface area contributed by atoms with Gasteiger partial charge in [-0.1, -0.05) is 94.8 Å². The highest BCUT2D eigenvalue weighted by molar-refractivity contribution is 7.80. The van der Waals surface area contributed by atoms with Crippen LogP contribution in [0.4, 0.5) is 0 Å². The van der Waals surface area contributed by atoms with Crippen LogP contribution in [0.2, 0.25) is 0 Å². The van der Waals surface area contributed by atoms with Crippen molar-refractivity contribution < 1.29 is 58.2 Å². The van der Waals surface area contributed by atoms with E-state index in [0.717, 1.165) is 0 Å². The number of benzene rings is 2. The van der Waals surface area contributed by atoms with Crippen molar-refractivity contribution in [2.75, 3.05) is 12.3 Å². The van der Waals surface area contributed by atoms with Crippen molar-refractivity contribution in [3.8, 4) is 0 Å². The van der Waals surface area contributed by atoms with Crippen LogP contribution < -0.4 is 59.7 Å². The number of nitrogens with zero attached hydrogens (tertiary/aromatic N) is 3. The molecule has 8 amide bonds. The maximum atomic E-state index is 14.6. The minimum atomic E-state index is -1.43. The van der Waals surface area contributed by atoms with Crippen LogP contribution >= 0.6 is 12.6 Å². The van der Waals surface area contributed by atoms with E-state index in [-0.39, 0.29) is 75.5 Å². The molecule has 0 aliphatic carbocycles. The Balaban J connectivity index is 1.58. The van der Waals surface area contributed by atoms with Gasteiger partial charge in [0.25, 0.3) is 0 Å². The van der Waals surface area contributed by atoms with Crippen LogP contribution in [0, 0.1) is 11.8 Å². The van der Waals surface area contributed by atoms with E-state index in [4.69, 9.17) is 22.3 Å². The average molecular weight is 1200 g/mol. The van der Waals surface area contributed by atoms with Gasteiger partial charge in [-0.2, -0.15) is 12.6 Å². The lowest BCUT2D eigenvalue weighted by Gasteiger charge is -2.30. The van der Waals surface area contributed by atoms with Crippen LogP contribution in [0.25, 0.3) is 0 Å². The molecule has 0 saturated carbocycles. The Morgan fingerprint density at radius 2 is 0.988 bits per heavy atom. The summed E-state index contributed by atoms with van der Waals surface area (Å²) >= 11 is 4.32. The number of hydrogen-bond donors (Lipinski definition) is 16. The quantitative estimate of drug-likeness (QED) is 0.0107. The van der Waals surface area contributed by atoms with E-state index in [9.17, 15) is 53.1 Å². The van der Waals surface area contributed by atoms with Crippen LogP contribution in [0.5, 0.6) is 0 Å². The standard InChI is InChI=1S/C56H80N16O12S/c1-5-32(4)46(72-53(81)44(28-85)71-50(78)40(22-33-13-8-6-9-14-33)66-47(75)37(57)18-19-45(73)74)54(82)70-43(25-36-27-61-30-64-36)52(80)67-39(21-31(2)3)48(76)69-42(24-35-26-60-29-63-35)51(79)68-41(23-34-15-10-7-11-16-34)49(77)65-38(55(83)84)17-12-20-62-56(58)59/h6-11,13-16,26-27,29-32,37-44,46,85H,5,12,17-25,28,57H2,1-4H3,(H,60,63)(H,61,64)(H,65,77)(H,66,75)(H,67,80)(H,68,79)(H,69,76)(H,70,82)(H,71,78)(H,72,81)(H,73,74)(H,83,84)(H4,58,59,62)/t32-,37-,38-,39-,40-,41-,42-,43-,44-,46-/m0/s1. The minimum Gasteiger partial charge on any atom is -0.481 e. The van der Waals surface area contributed by atoms with E-state index < -0.39 is 126 Å². The van der Waals surface area contributed by atoms with Gasteiger partial charge in [-0.15, -0.1) is 0 Å². The number of amides is 8. The predicted octanol–water partition coefficient (Wildman–Crippen LogP) is -1.37. The van der Waals surface area contributed by atoms with Crippen molar-refractivity contribution in [2.24, 2.45) is 34.0 Å². The fraction of sp³-hybridized carbons (Fsp3) is 0.482. The molecule has 0 saturated heterocycles. The number of rotatable bonds is 37. The number of imidazole rings is 2. The fourth-order valence-corrected chi connectivity index (χ4v) is 8.95. The molecule has 0 spiro atoms. The molecule has 29 heteroatoms. The van der Waals surface area contributed by atoms with E-state index in [1.165, 1.54) is 25.0 Å². The fourth-order valence-electron chi connectivity index (χ4n) is 8.69. The maximum Gasteiger partial charge on any atom is 0.326 e. The first-order chi connectivity index (χ1) is 40.5. The summed E-state index contributed by atoms with van der Waals surface area (Å²) in [4.78, 5) is 154. The molecule has 0 aliphatic rings. The maximum absolute atomic E-state index is 14.6. The number of guanidine groups is 1. The molecular weight excluding hydrogens is 1120 g/mol. The van der Waals surface area contributed by atoms with Gasteiger partial charge >= 0.3 is 11.9 Å². The molecule has 85 heavy (non-hydrogen) atoms. The molecule has 0 bridgehead atoms. The summed E-state index contributed by atoms with van der Waals surface area (Å²) < 4.78 is 0. The second kappa shape index (κ2) is 35.3. The Hall–Kier alpha value is -8.86. The number of nitrogens with two attached hydrogens (primary N) is 3. The lowest BCUT2D eigenvalue weighted by molar-refractivity contribution is -0.142. The van der Waals surface area contributed by atoms with Gasteiger partial charge in [-0.05, 0) is 48.6 Å². The molecule has 2 aromatic heterocycles. The topological polar surface area (TPSA) is 455 Å². The number of aromatic nitrogens is 4. The van der Waals surface area contributed by atoms with Crippen LogP contribution in [0.3, 0.4) is 0 Å². The van der Waals surface area contributed by atoms with Crippen LogP contribution in [0.1, 0.15) is 88.7 Å². The van der Waals surface area contributed by atoms with Crippen molar-refractivity contribution in [1.29, 1.82) is 0 Å². The lowest BCUT2D eigenvalue weighted by Crippen LogP contribution is -2.62. The first kappa shape index (κ1) is 68.6. The average Bonchev–Trinajstić information content (AvgIpc) is 4.37. The zero-order chi connectivity index (χ0) is 62.6. The minimum absolute atomic E-state index is 0.0231. The summed E-state index contributed by atoms with van der Waals surface area (Å²) in [7, 11) is 0. The highest BCUT2D eigenvalue weighted by Crippen LogP contribution is 2.14. The zero-order valence-electron chi connectivity index (χ0n) is 47.9. The second-order valence-electron chi connectivity index (χ2n) is 20.9. The number of hydrogen-bond acceptors (Lipinski definition) is 15. The molecule has 18 N–H and O–H groups in total. The van der Waals surface area contributed by atoms with E-state index in [1.807, 2.05) is 0 Å². The van der Waals surface area contributed by atoms with Gasteiger partial charge in [0.1, 0.15) is 48.3 Å². The third kappa shape index (κ3) is 24.1. The molecule has 4 rings (SSSR count). The smallest absolute Gasteiger partial charge is 0.326 e. The first-order valence-electron chi connectivity index (χ1n) is 27.8. The van der Waals surface area contributed by atoms with Gasteiger partial charge in [0.05, 0.1) is 18.7 Å². The normalized spacial score (nSPS) is 14.6. The number of H-pyrrole nitrogens is 2. The number of aliphatic imine (C=N–C) groups is 1. The van der Waals surface area contributed by atoms with Crippen LogP contribution in [-0.4, -0.2) is 162 Å². The van der Waals surface area contributed by atoms with Crippen LogP contribution in [0.15, 0.2) is 90.7 Å². The molecule has 28 nitrogen and oxygen atoms in total. The number of carbonyl (C=O) groups excluding carboxylic acids is 8. The van der Waals surface area contributed by atoms with Crippen molar-refractivity contribution in [3.63, 3.8) is 0 Å². The van der Waals surface area contributed by atoms with E-state index >= 15 is 0 Å². The van der Waals surface area contributed by atoms with Crippen molar-refractivity contribution >= 4 is 77.8 Å². The molecule has 2 heterocycles. The Morgan fingerprint density at radius 1 is 0.565 bits per heavy atom. The largest absolute Gasteiger partial charge is 0.481 e. The Morgan fingerprint density at radius 3 is 1.41 bits per heavy atom. The summed E-state index contributed by atoms with van der Waals surface area (Å²) in [6.07, 6.45) is 4.99. The molecule has 0 unspecified atom stereocenters. The Kier molecular flexibility index (Phi) is 28.5. The number of thiol groups is 1. The van der Waals surface area contributed by atoms with Gasteiger partial charge in [-0.3, -0.25) is 48.1 Å². The first-order valence-corrected chi connectivity index (χ1v) is 28.4. The molecule has 4 aromatic rings.